The van der Waals surface area contributed by atoms with Crippen LogP contribution in [0.4, 0.5) is 5.82 Å². The summed E-state index contributed by atoms with van der Waals surface area (Å²) in [6, 6.07) is 0. The smallest absolute Gasteiger partial charge is 0.195 e. The molecule has 0 aliphatic rings. The van der Waals surface area contributed by atoms with Crippen LogP contribution >= 0.6 is 11.3 Å². The number of nitrogens with one attached hydrogen (secondary N) is 1. The molecule has 20 heavy (non-hydrogen) atoms. The van der Waals surface area contributed by atoms with Gasteiger partial charge in [0.05, 0.1) is 18.9 Å². The van der Waals surface area contributed by atoms with E-state index >= 15 is 0 Å². The van der Waals surface area contributed by atoms with Gasteiger partial charge in [-0.05, 0) is 6.92 Å². The Morgan fingerprint density at radius 1 is 1.55 bits per heavy atom. The fourth-order valence-electron chi connectivity index (χ4n) is 2.15. The molecule has 2 rings (SSSR count). The van der Waals surface area contributed by atoms with Crippen LogP contribution in [0.5, 0.6) is 0 Å². The second-order valence-electron chi connectivity index (χ2n) is 4.41. The van der Waals surface area contributed by atoms with E-state index in [2.05, 4.69) is 26.5 Å². The monoisotopic (exact) mass is 298 g/mol. The van der Waals surface area contributed by atoms with Crippen molar-refractivity contribution in [2.45, 2.75) is 13.5 Å². The highest BCUT2D eigenvalue weighted by atomic mass is 32.1. The van der Waals surface area contributed by atoms with Gasteiger partial charge in [-0.2, -0.15) is 0 Å². The summed E-state index contributed by atoms with van der Waals surface area (Å²) < 4.78 is 7.16. The zero-order chi connectivity index (χ0) is 14.4. The highest BCUT2D eigenvalue weighted by Crippen LogP contribution is 2.24. The third-order valence-electron chi connectivity index (χ3n) is 3.17. The van der Waals surface area contributed by atoms with Crippen molar-refractivity contribution < 1.29 is 9.84 Å². The minimum atomic E-state index is 0.134. The van der Waals surface area contributed by atoms with Gasteiger partial charge in [0.1, 0.15) is 0 Å². The molecule has 2 aromatic heterocycles. The zero-order valence-electron chi connectivity index (χ0n) is 12.0. The number of aromatic nitrogens is 2. The lowest BCUT2D eigenvalue weighted by atomic mass is 10.3. The lowest BCUT2D eigenvalue weighted by molar-refractivity contribution is 0.199. The maximum absolute atomic E-state index is 9.19. The van der Waals surface area contributed by atoms with Crippen LogP contribution in [0.2, 0.25) is 0 Å². The molecule has 0 aromatic carbocycles. The SMILES string of the molecule is CCN(CCO)c1nc2sccn2c1CNCCOC. The van der Waals surface area contributed by atoms with E-state index in [1.54, 1.807) is 18.4 Å². The van der Waals surface area contributed by atoms with Crippen molar-refractivity contribution in [3.05, 3.63) is 17.3 Å². The Kier molecular flexibility index (Phi) is 5.78. The van der Waals surface area contributed by atoms with E-state index < -0.39 is 0 Å². The van der Waals surface area contributed by atoms with Crippen molar-refractivity contribution in [3.63, 3.8) is 0 Å². The van der Waals surface area contributed by atoms with Gasteiger partial charge in [0.2, 0.25) is 0 Å². The van der Waals surface area contributed by atoms with Crippen LogP contribution in [0.1, 0.15) is 12.6 Å². The first-order valence-electron chi connectivity index (χ1n) is 6.81. The molecule has 0 fully saturated rings. The third-order valence-corrected chi connectivity index (χ3v) is 3.92. The Labute approximate surface area is 123 Å². The quantitative estimate of drug-likeness (QED) is 0.675. The fraction of sp³-hybridized carbons (Fsp3) is 0.615. The molecule has 0 unspecified atom stereocenters. The molecule has 0 aliphatic heterocycles. The molecule has 0 aliphatic carbocycles. The van der Waals surface area contributed by atoms with E-state index in [1.807, 2.05) is 11.6 Å². The summed E-state index contributed by atoms with van der Waals surface area (Å²) in [5.74, 6) is 0.957. The van der Waals surface area contributed by atoms with E-state index in [0.717, 1.165) is 36.1 Å². The lowest BCUT2D eigenvalue weighted by Gasteiger charge is -2.21. The Morgan fingerprint density at radius 2 is 2.40 bits per heavy atom. The van der Waals surface area contributed by atoms with Crippen molar-refractivity contribution in [2.75, 3.05) is 44.9 Å². The van der Waals surface area contributed by atoms with Gasteiger partial charge in [0.15, 0.2) is 10.8 Å². The number of aliphatic hydroxyl groups is 1. The number of nitrogens with zero attached hydrogens (tertiary/aromatic N) is 3. The first-order valence-corrected chi connectivity index (χ1v) is 7.69. The molecule has 2 aromatic rings. The molecule has 0 spiro atoms. The third kappa shape index (κ3) is 3.29. The number of hydrogen-bond acceptors (Lipinski definition) is 6. The Balaban J connectivity index is 2.20. The molecule has 0 radical (unpaired) electrons. The van der Waals surface area contributed by atoms with Crippen LogP contribution in [-0.2, 0) is 11.3 Å². The van der Waals surface area contributed by atoms with Gasteiger partial charge in [-0.3, -0.25) is 4.40 Å². The number of imidazole rings is 1. The van der Waals surface area contributed by atoms with Crippen LogP contribution in [0, 0.1) is 0 Å². The molecule has 0 amide bonds. The molecule has 0 saturated carbocycles. The molecular formula is C13H22N4O2S. The summed E-state index contributed by atoms with van der Waals surface area (Å²) in [6.45, 7) is 5.87. The van der Waals surface area contributed by atoms with Gasteiger partial charge in [-0.25, -0.2) is 4.98 Å². The van der Waals surface area contributed by atoms with Gasteiger partial charge in [0.25, 0.3) is 0 Å². The highest BCUT2D eigenvalue weighted by molar-refractivity contribution is 7.15. The van der Waals surface area contributed by atoms with Gasteiger partial charge in [0, 0.05) is 44.9 Å². The number of ether oxygens (including phenoxy) is 1. The number of aliphatic hydroxyl groups excluding tert-OH is 1. The Bertz CT molecular complexity index is 525. The number of fused-ring (bicyclic) bond motifs is 1. The predicted octanol–water partition coefficient (Wildman–Crippen LogP) is 0.950. The van der Waals surface area contributed by atoms with Crippen molar-refractivity contribution in [1.29, 1.82) is 0 Å². The zero-order valence-corrected chi connectivity index (χ0v) is 12.8. The average Bonchev–Trinajstić information content (AvgIpc) is 3.02. The number of thiazole rings is 1. The van der Waals surface area contributed by atoms with Crippen molar-refractivity contribution >= 4 is 22.1 Å². The van der Waals surface area contributed by atoms with Crippen molar-refractivity contribution in [1.82, 2.24) is 14.7 Å². The summed E-state index contributed by atoms with van der Waals surface area (Å²) in [5.41, 5.74) is 1.13. The van der Waals surface area contributed by atoms with Gasteiger partial charge >= 0.3 is 0 Å². The Hall–Kier alpha value is -1.15. The molecule has 0 saturated heterocycles. The van der Waals surface area contributed by atoms with E-state index in [9.17, 15) is 5.11 Å². The summed E-state index contributed by atoms with van der Waals surface area (Å²) in [5, 5.41) is 14.6. The number of anilines is 1. The minimum Gasteiger partial charge on any atom is -0.395 e. The van der Waals surface area contributed by atoms with Crippen LogP contribution in [0.3, 0.4) is 0 Å². The van der Waals surface area contributed by atoms with Crippen LogP contribution in [-0.4, -0.2) is 54.4 Å². The summed E-state index contributed by atoms with van der Waals surface area (Å²) in [6.07, 6.45) is 2.04. The van der Waals surface area contributed by atoms with Crippen LogP contribution < -0.4 is 10.2 Å². The summed E-state index contributed by atoms with van der Waals surface area (Å²) in [4.78, 5) is 7.78. The van der Waals surface area contributed by atoms with E-state index in [1.165, 1.54) is 0 Å². The molecule has 0 bridgehead atoms. The van der Waals surface area contributed by atoms with Gasteiger partial charge in [-0.1, -0.05) is 0 Å². The predicted molar refractivity (Wildman–Crippen MR) is 81.6 cm³/mol. The normalized spacial score (nSPS) is 11.3. The van der Waals surface area contributed by atoms with Gasteiger partial charge < -0.3 is 20.1 Å². The lowest BCUT2D eigenvalue weighted by Crippen LogP contribution is -2.29. The Morgan fingerprint density at radius 3 is 3.10 bits per heavy atom. The number of hydrogen-bond donors (Lipinski definition) is 2. The number of likely N-dealkylation sites (N-methyl/N-ethyl adjacent to an activating group) is 1. The van der Waals surface area contributed by atoms with Crippen LogP contribution in [0.15, 0.2) is 11.6 Å². The molecule has 7 heteroatoms. The second kappa shape index (κ2) is 7.58. The highest BCUT2D eigenvalue weighted by Gasteiger charge is 2.17. The number of methoxy groups -OCH3 is 1. The largest absolute Gasteiger partial charge is 0.395 e. The van der Waals surface area contributed by atoms with Crippen LogP contribution in [0.25, 0.3) is 4.96 Å². The van der Waals surface area contributed by atoms with Gasteiger partial charge in [-0.15, -0.1) is 11.3 Å². The maximum atomic E-state index is 9.19. The summed E-state index contributed by atoms with van der Waals surface area (Å²) in [7, 11) is 1.70. The van der Waals surface area contributed by atoms with E-state index in [-0.39, 0.29) is 6.61 Å². The molecular weight excluding hydrogens is 276 g/mol. The molecule has 2 N–H and O–H groups in total. The molecule has 112 valence electrons. The minimum absolute atomic E-state index is 0.134. The molecule has 2 heterocycles. The fourth-order valence-corrected chi connectivity index (χ4v) is 2.88. The van der Waals surface area contributed by atoms with E-state index in [0.29, 0.717) is 13.2 Å². The maximum Gasteiger partial charge on any atom is 0.195 e. The standard InChI is InChI=1S/C13H22N4O2S/c1-3-16(5-7-18)12-11(10-14-4-8-19-2)17-6-9-20-13(17)15-12/h6,9,14,18H,3-5,7-8,10H2,1-2H3. The molecule has 6 nitrogen and oxygen atoms in total. The first-order chi connectivity index (χ1) is 9.81. The topological polar surface area (TPSA) is 62.0 Å². The first kappa shape index (κ1) is 15.2. The second-order valence-corrected chi connectivity index (χ2v) is 5.28. The average molecular weight is 298 g/mol. The van der Waals surface area contributed by atoms with Crippen molar-refractivity contribution in [2.24, 2.45) is 0 Å². The van der Waals surface area contributed by atoms with Crippen molar-refractivity contribution in [3.8, 4) is 0 Å². The molecule has 0 atom stereocenters. The van der Waals surface area contributed by atoms with E-state index in [4.69, 9.17) is 4.74 Å². The number of rotatable bonds is 9. The summed E-state index contributed by atoms with van der Waals surface area (Å²) >= 11 is 1.62.